The number of aliphatic hydroxyl groups is 1. The van der Waals surface area contributed by atoms with Crippen LogP contribution in [0.3, 0.4) is 0 Å². The molecule has 0 spiro atoms. The van der Waals surface area contributed by atoms with Crippen LogP contribution < -0.4 is 0 Å². The third-order valence-electron chi connectivity index (χ3n) is 6.10. The summed E-state index contributed by atoms with van der Waals surface area (Å²) in [6, 6.07) is 19.4. The lowest BCUT2D eigenvalue weighted by atomic mass is 9.64. The van der Waals surface area contributed by atoms with E-state index in [4.69, 9.17) is 4.74 Å². The van der Waals surface area contributed by atoms with Gasteiger partial charge in [0.1, 0.15) is 6.10 Å². The largest absolute Gasteiger partial charge is 0.460 e. The van der Waals surface area contributed by atoms with Crippen LogP contribution in [0.1, 0.15) is 57.3 Å². The fourth-order valence-corrected chi connectivity index (χ4v) is 4.35. The second-order valence-electron chi connectivity index (χ2n) is 8.40. The Hall–Kier alpha value is -2.13. The maximum atomic E-state index is 12.7. The monoisotopic (exact) mass is 366 g/mol. The van der Waals surface area contributed by atoms with E-state index in [0.717, 1.165) is 19.3 Å². The molecule has 0 bridgehead atoms. The number of ether oxygens (including phenoxy) is 1. The van der Waals surface area contributed by atoms with Crippen molar-refractivity contribution in [3.05, 3.63) is 71.8 Å². The zero-order chi connectivity index (χ0) is 19.4. The van der Waals surface area contributed by atoms with Gasteiger partial charge in [0, 0.05) is 5.92 Å². The lowest BCUT2D eigenvalue weighted by Crippen LogP contribution is -2.44. The molecule has 0 amide bonds. The van der Waals surface area contributed by atoms with E-state index in [1.807, 2.05) is 24.3 Å². The Morgan fingerprint density at radius 2 is 1.63 bits per heavy atom. The third kappa shape index (κ3) is 4.41. The van der Waals surface area contributed by atoms with Crippen LogP contribution in [0.4, 0.5) is 0 Å². The fraction of sp³-hybridized carbons (Fsp3) is 0.458. The van der Waals surface area contributed by atoms with Gasteiger partial charge in [-0.1, -0.05) is 87.9 Å². The summed E-state index contributed by atoms with van der Waals surface area (Å²) in [7, 11) is 0. The minimum atomic E-state index is -1.23. The number of esters is 1. The molecule has 0 unspecified atom stereocenters. The maximum absolute atomic E-state index is 12.7. The smallest absolute Gasteiger partial charge is 0.339 e. The molecule has 0 saturated heterocycles. The highest BCUT2D eigenvalue weighted by molar-refractivity contribution is 5.76. The molecule has 2 aromatic rings. The average Bonchev–Trinajstić information content (AvgIpc) is 2.68. The second kappa shape index (κ2) is 8.26. The fourth-order valence-electron chi connectivity index (χ4n) is 4.35. The Kier molecular flexibility index (Phi) is 6.01. The van der Waals surface area contributed by atoms with Crippen LogP contribution in [0.15, 0.2) is 60.7 Å². The molecular weight excluding hydrogens is 336 g/mol. The maximum Gasteiger partial charge on any atom is 0.339 e. The Labute approximate surface area is 162 Å². The van der Waals surface area contributed by atoms with E-state index in [0.29, 0.717) is 11.5 Å². The summed E-state index contributed by atoms with van der Waals surface area (Å²) in [5.74, 6) is 0.191. The van der Waals surface area contributed by atoms with Crippen molar-refractivity contribution in [1.82, 2.24) is 0 Å². The van der Waals surface area contributed by atoms with Gasteiger partial charge in [-0.25, -0.2) is 4.79 Å². The van der Waals surface area contributed by atoms with Crippen LogP contribution in [0.2, 0.25) is 0 Å². The Balaban J connectivity index is 1.79. The van der Waals surface area contributed by atoms with Crippen molar-refractivity contribution in [3.63, 3.8) is 0 Å². The minimum Gasteiger partial charge on any atom is -0.460 e. The van der Waals surface area contributed by atoms with Gasteiger partial charge >= 0.3 is 5.97 Å². The molecule has 1 saturated carbocycles. The Bertz CT molecular complexity index is 739. The van der Waals surface area contributed by atoms with Crippen molar-refractivity contribution in [2.24, 2.45) is 11.8 Å². The van der Waals surface area contributed by atoms with Crippen molar-refractivity contribution in [3.8, 4) is 0 Å². The quantitative estimate of drug-likeness (QED) is 0.754. The SMILES string of the molecule is C[C@@H]1CC[C@@H](C(C)(C)c2ccccc2)[C@H](OC(=O)[C@H](O)c2ccccc2)C1. The van der Waals surface area contributed by atoms with E-state index in [-0.39, 0.29) is 17.4 Å². The van der Waals surface area contributed by atoms with Crippen molar-refractivity contribution in [2.45, 2.75) is 57.7 Å². The highest BCUT2D eigenvalue weighted by Gasteiger charge is 2.42. The average molecular weight is 367 g/mol. The van der Waals surface area contributed by atoms with Crippen LogP contribution >= 0.6 is 0 Å². The van der Waals surface area contributed by atoms with Gasteiger partial charge in [-0.3, -0.25) is 0 Å². The van der Waals surface area contributed by atoms with Crippen molar-refractivity contribution in [1.29, 1.82) is 0 Å². The lowest BCUT2D eigenvalue weighted by Gasteiger charge is -2.44. The first-order valence-electron chi connectivity index (χ1n) is 9.88. The van der Waals surface area contributed by atoms with Crippen LogP contribution in [0.5, 0.6) is 0 Å². The number of aliphatic hydroxyl groups excluding tert-OH is 1. The molecule has 0 heterocycles. The molecule has 3 rings (SSSR count). The number of hydrogen-bond acceptors (Lipinski definition) is 3. The van der Waals surface area contributed by atoms with Gasteiger partial charge in [-0.2, -0.15) is 0 Å². The zero-order valence-corrected chi connectivity index (χ0v) is 16.5. The second-order valence-corrected chi connectivity index (χ2v) is 8.40. The normalized spacial score (nSPS) is 24.2. The topological polar surface area (TPSA) is 46.5 Å². The molecule has 2 aromatic carbocycles. The molecule has 1 aliphatic rings. The van der Waals surface area contributed by atoms with Gasteiger partial charge in [0.05, 0.1) is 0 Å². The van der Waals surface area contributed by atoms with Gasteiger partial charge < -0.3 is 9.84 Å². The molecule has 1 aliphatic carbocycles. The zero-order valence-electron chi connectivity index (χ0n) is 16.5. The van der Waals surface area contributed by atoms with Crippen molar-refractivity contribution >= 4 is 5.97 Å². The molecule has 3 nitrogen and oxygen atoms in total. The molecule has 0 aliphatic heterocycles. The number of benzene rings is 2. The van der Waals surface area contributed by atoms with Crippen LogP contribution in [0, 0.1) is 11.8 Å². The van der Waals surface area contributed by atoms with E-state index in [1.54, 1.807) is 12.1 Å². The summed E-state index contributed by atoms with van der Waals surface area (Å²) in [6.07, 6.45) is 1.58. The predicted molar refractivity (Wildman–Crippen MR) is 107 cm³/mol. The van der Waals surface area contributed by atoms with Crippen LogP contribution in [-0.4, -0.2) is 17.2 Å². The van der Waals surface area contributed by atoms with Gasteiger partial charge in [0.25, 0.3) is 0 Å². The number of carbonyl (C=O) groups excluding carboxylic acids is 1. The highest BCUT2D eigenvalue weighted by atomic mass is 16.6. The van der Waals surface area contributed by atoms with E-state index in [1.165, 1.54) is 5.56 Å². The molecule has 27 heavy (non-hydrogen) atoms. The van der Waals surface area contributed by atoms with Gasteiger partial charge in [0.2, 0.25) is 0 Å². The van der Waals surface area contributed by atoms with E-state index >= 15 is 0 Å². The summed E-state index contributed by atoms with van der Waals surface area (Å²) >= 11 is 0. The van der Waals surface area contributed by atoms with Gasteiger partial charge in [0.15, 0.2) is 6.10 Å². The minimum absolute atomic E-state index is 0.107. The first-order valence-corrected chi connectivity index (χ1v) is 9.88. The number of carbonyl (C=O) groups is 1. The number of hydrogen-bond donors (Lipinski definition) is 1. The molecule has 0 radical (unpaired) electrons. The summed E-state index contributed by atoms with van der Waals surface area (Å²) in [5.41, 5.74) is 1.73. The third-order valence-corrected chi connectivity index (χ3v) is 6.10. The molecule has 1 N–H and O–H groups in total. The van der Waals surface area contributed by atoms with Crippen LogP contribution in [-0.2, 0) is 14.9 Å². The lowest BCUT2D eigenvalue weighted by molar-refractivity contribution is -0.167. The van der Waals surface area contributed by atoms with Gasteiger partial charge in [-0.15, -0.1) is 0 Å². The van der Waals surface area contributed by atoms with E-state index in [2.05, 4.69) is 45.0 Å². The summed E-state index contributed by atoms with van der Waals surface area (Å²) in [5, 5.41) is 10.4. The number of rotatable bonds is 5. The summed E-state index contributed by atoms with van der Waals surface area (Å²) in [4.78, 5) is 12.7. The summed E-state index contributed by atoms with van der Waals surface area (Å²) in [6.45, 7) is 6.68. The first kappa shape index (κ1) is 19.6. The first-order chi connectivity index (χ1) is 12.9. The molecule has 1 fully saturated rings. The van der Waals surface area contributed by atoms with Crippen molar-refractivity contribution < 1.29 is 14.6 Å². The Morgan fingerprint density at radius 3 is 2.26 bits per heavy atom. The molecule has 4 atom stereocenters. The molecule has 144 valence electrons. The predicted octanol–water partition coefficient (Wildman–Crippen LogP) is 5.05. The molecule has 0 aromatic heterocycles. The van der Waals surface area contributed by atoms with Crippen LogP contribution in [0.25, 0.3) is 0 Å². The van der Waals surface area contributed by atoms with Gasteiger partial charge in [-0.05, 0) is 35.3 Å². The van der Waals surface area contributed by atoms with E-state index < -0.39 is 12.1 Å². The molecular formula is C24H30O3. The molecule has 3 heteroatoms. The van der Waals surface area contributed by atoms with Crippen molar-refractivity contribution in [2.75, 3.05) is 0 Å². The Morgan fingerprint density at radius 1 is 1.04 bits per heavy atom. The summed E-state index contributed by atoms with van der Waals surface area (Å²) < 4.78 is 5.91. The van der Waals surface area contributed by atoms with E-state index in [9.17, 15) is 9.90 Å². The standard InChI is InChI=1S/C24H30O3/c1-17-14-15-20(24(2,3)19-12-8-5-9-13-19)21(16-17)27-23(26)22(25)18-10-6-4-7-11-18/h4-13,17,20-22,25H,14-16H2,1-3H3/t17-,20-,21-,22-/m1/s1. The highest BCUT2D eigenvalue weighted by Crippen LogP contribution is 2.43.